The number of pyridine rings is 1. The van der Waals surface area contributed by atoms with Gasteiger partial charge in [-0.2, -0.15) is 0 Å². The molecular weight excluding hydrogens is 370 g/mol. The van der Waals surface area contributed by atoms with E-state index in [9.17, 15) is 0 Å². The molecule has 10 nitrogen and oxygen atoms in total. The molecule has 148 valence electrons. The number of hydrogen-bond donors (Lipinski definition) is 6. The number of anilines is 2. The van der Waals surface area contributed by atoms with Crippen LogP contribution in [0.5, 0.6) is 5.75 Å². The van der Waals surface area contributed by atoms with Gasteiger partial charge in [0.15, 0.2) is 0 Å². The second kappa shape index (κ2) is 10.7. The number of fused-ring (bicyclic) bond motifs is 1. The number of rotatable bonds is 3. The predicted molar refractivity (Wildman–Crippen MR) is 103 cm³/mol. The van der Waals surface area contributed by atoms with E-state index in [-0.39, 0.29) is 0 Å². The minimum absolute atomic E-state index is 0.405. The van der Waals surface area contributed by atoms with Crippen LogP contribution in [0.2, 0.25) is 0 Å². The molecule has 0 saturated carbocycles. The molecule has 0 atom stereocenters. The zero-order chi connectivity index (χ0) is 21.1. The van der Waals surface area contributed by atoms with Crippen molar-refractivity contribution in [1.29, 1.82) is 0 Å². The largest absolute Gasteiger partial charge is 0.503 e. The summed E-state index contributed by atoms with van der Waals surface area (Å²) < 4.78 is 5.88. The molecule has 1 aromatic heterocycles. The third-order valence-electron chi connectivity index (χ3n) is 3.25. The van der Waals surface area contributed by atoms with E-state index in [0.29, 0.717) is 12.3 Å². The summed E-state index contributed by atoms with van der Waals surface area (Å²) in [6.45, 7) is 0.405. The molecule has 1 heterocycles. The van der Waals surface area contributed by atoms with Crippen LogP contribution in [0, 0.1) is 0 Å². The van der Waals surface area contributed by atoms with Gasteiger partial charge in [0.25, 0.3) is 0 Å². The van der Waals surface area contributed by atoms with E-state index in [2.05, 4.69) is 4.98 Å². The van der Waals surface area contributed by atoms with Crippen LogP contribution in [-0.2, 0) is 6.61 Å². The molecule has 0 aliphatic carbocycles. The van der Waals surface area contributed by atoms with E-state index in [1.807, 2.05) is 42.5 Å². The summed E-state index contributed by atoms with van der Waals surface area (Å²) >= 11 is 0. The second-order valence-electron chi connectivity index (χ2n) is 5.13. The number of benzene rings is 2. The topological polar surface area (TPSA) is 189 Å². The van der Waals surface area contributed by atoms with Gasteiger partial charge >= 0.3 is 12.3 Å². The summed E-state index contributed by atoms with van der Waals surface area (Å²) in [6.07, 6.45) is -0.337. The molecule has 0 unspecified atom stereocenters. The molecule has 0 amide bonds. The monoisotopic (exact) mass is 389 g/mol. The van der Waals surface area contributed by atoms with Gasteiger partial charge in [-0.05, 0) is 18.2 Å². The van der Waals surface area contributed by atoms with E-state index < -0.39 is 12.3 Å². The highest BCUT2D eigenvalue weighted by atomic mass is 16.6. The lowest BCUT2D eigenvalue weighted by Gasteiger charge is -2.11. The van der Waals surface area contributed by atoms with E-state index in [1.165, 1.54) is 0 Å². The molecule has 3 aromatic rings. The van der Waals surface area contributed by atoms with Crippen LogP contribution in [0.3, 0.4) is 0 Å². The first-order chi connectivity index (χ1) is 13.2. The quantitative estimate of drug-likeness (QED) is 0.362. The van der Waals surface area contributed by atoms with E-state index in [1.54, 1.807) is 12.4 Å². The Kier molecular flexibility index (Phi) is 8.35. The number of carbonyl (C=O) groups is 2. The van der Waals surface area contributed by atoms with E-state index in [0.717, 1.165) is 27.8 Å². The van der Waals surface area contributed by atoms with Crippen molar-refractivity contribution in [1.82, 2.24) is 4.98 Å². The maximum Gasteiger partial charge on any atom is 0.503 e. The van der Waals surface area contributed by atoms with Crippen molar-refractivity contribution in [2.24, 2.45) is 0 Å². The first kappa shape index (κ1) is 21.8. The minimum atomic E-state index is -1.83. The maximum absolute atomic E-state index is 8.56. The van der Waals surface area contributed by atoms with Gasteiger partial charge in [-0.25, -0.2) is 9.59 Å². The first-order valence-corrected chi connectivity index (χ1v) is 7.64. The lowest BCUT2D eigenvalue weighted by molar-refractivity contribution is 0.135. The van der Waals surface area contributed by atoms with Crippen LogP contribution in [0.15, 0.2) is 54.9 Å². The summed E-state index contributed by atoms with van der Waals surface area (Å²) in [5, 5.41) is 29.9. The number of nitrogens with zero attached hydrogens (tertiary/aromatic N) is 1. The Labute approximate surface area is 159 Å². The highest BCUT2D eigenvalue weighted by Crippen LogP contribution is 2.30. The summed E-state index contributed by atoms with van der Waals surface area (Å²) in [5.74, 6) is 0.797. The number of carboxylic acid groups (broad SMARTS) is 4. The number of nitrogens with two attached hydrogens (primary N) is 2. The van der Waals surface area contributed by atoms with Gasteiger partial charge in [0.1, 0.15) is 12.4 Å². The lowest BCUT2D eigenvalue weighted by atomic mass is 10.1. The zero-order valence-electron chi connectivity index (χ0n) is 14.5. The zero-order valence-corrected chi connectivity index (χ0v) is 14.5. The van der Waals surface area contributed by atoms with Crippen LogP contribution < -0.4 is 16.2 Å². The number of hydrogen-bond acceptors (Lipinski definition) is 6. The van der Waals surface area contributed by atoms with Crippen molar-refractivity contribution >= 4 is 34.5 Å². The Balaban J connectivity index is 0.000000420. The van der Waals surface area contributed by atoms with Crippen molar-refractivity contribution in [2.45, 2.75) is 6.61 Å². The molecule has 0 aliphatic heterocycles. The molecule has 8 N–H and O–H groups in total. The fourth-order valence-electron chi connectivity index (χ4n) is 2.14. The second-order valence-corrected chi connectivity index (χ2v) is 5.13. The average Bonchev–Trinajstić information content (AvgIpc) is 2.62. The van der Waals surface area contributed by atoms with Gasteiger partial charge in [-0.3, -0.25) is 4.98 Å². The molecule has 3 rings (SSSR count). The van der Waals surface area contributed by atoms with Gasteiger partial charge in [0.2, 0.25) is 0 Å². The van der Waals surface area contributed by atoms with Crippen LogP contribution in [0.25, 0.3) is 10.8 Å². The van der Waals surface area contributed by atoms with Gasteiger partial charge in [0.05, 0.1) is 11.9 Å². The van der Waals surface area contributed by atoms with Crippen molar-refractivity contribution in [2.75, 3.05) is 11.5 Å². The summed E-state index contributed by atoms with van der Waals surface area (Å²) in [6, 6.07) is 13.5. The van der Waals surface area contributed by atoms with E-state index >= 15 is 0 Å². The fourth-order valence-corrected chi connectivity index (χ4v) is 2.14. The molecule has 0 fully saturated rings. The van der Waals surface area contributed by atoms with Gasteiger partial charge in [0, 0.05) is 28.2 Å². The third-order valence-corrected chi connectivity index (χ3v) is 3.25. The lowest BCUT2D eigenvalue weighted by Crippen LogP contribution is -2.01. The van der Waals surface area contributed by atoms with Crippen LogP contribution >= 0.6 is 0 Å². The predicted octanol–water partition coefficient (Wildman–Crippen LogP) is 3.42. The molecule has 0 bridgehead atoms. The maximum atomic E-state index is 8.56. The molecule has 10 heteroatoms. The fraction of sp³-hybridized carbons (Fsp3) is 0.0556. The third kappa shape index (κ3) is 7.35. The van der Waals surface area contributed by atoms with Gasteiger partial charge < -0.3 is 36.6 Å². The van der Waals surface area contributed by atoms with Gasteiger partial charge in [-0.1, -0.05) is 24.3 Å². The van der Waals surface area contributed by atoms with E-state index in [4.69, 9.17) is 46.2 Å². The number of ether oxygens (including phenoxy) is 1. The standard InChI is InChI=1S/C16H15N3O.2CH2O3/c17-14-5-6-16(13-4-2-1-3-12(13)14)20-10-11-7-8-19-9-15(11)18;2*2-1(3)4/h1-9H,10,17-18H2;2*(H2,2,3,4). The summed E-state index contributed by atoms with van der Waals surface area (Å²) in [7, 11) is 0. The normalized spacial score (nSPS) is 9.29. The summed E-state index contributed by atoms with van der Waals surface area (Å²) in [4.78, 5) is 21.1. The SMILES string of the molecule is Nc1cnccc1COc1ccc(N)c2ccccc12.O=C(O)O.O=C(O)O. The van der Waals surface area contributed by atoms with Gasteiger partial charge in [-0.15, -0.1) is 0 Å². The Morgan fingerprint density at radius 3 is 2.00 bits per heavy atom. The smallest absolute Gasteiger partial charge is 0.488 e. The molecule has 2 aromatic carbocycles. The number of aromatic nitrogens is 1. The molecule has 0 spiro atoms. The molecular formula is C18H19N3O7. The Morgan fingerprint density at radius 1 is 0.857 bits per heavy atom. The van der Waals surface area contributed by atoms with Crippen molar-refractivity contribution in [3.8, 4) is 5.75 Å². The highest BCUT2D eigenvalue weighted by molar-refractivity contribution is 5.96. The molecule has 0 saturated heterocycles. The Morgan fingerprint density at radius 2 is 1.43 bits per heavy atom. The molecule has 28 heavy (non-hydrogen) atoms. The average molecular weight is 389 g/mol. The first-order valence-electron chi connectivity index (χ1n) is 7.64. The van der Waals surface area contributed by atoms with Crippen molar-refractivity contribution in [3.63, 3.8) is 0 Å². The molecule has 0 radical (unpaired) electrons. The highest BCUT2D eigenvalue weighted by Gasteiger charge is 2.06. The van der Waals surface area contributed by atoms with Crippen molar-refractivity contribution in [3.05, 3.63) is 60.4 Å². The van der Waals surface area contributed by atoms with Crippen LogP contribution in [0.1, 0.15) is 5.56 Å². The summed E-state index contributed by atoms with van der Waals surface area (Å²) in [5.41, 5.74) is 14.1. The van der Waals surface area contributed by atoms with Crippen molar-refractivity contribution < 1.29 is 34.8 Å². The number of nitrogen functional groups attached to an aromatic ring is 2. The Hall–Kier alpha value is -4.21. The van der Waals surface area contributed by atoms with Crippen LogP contribution in [-0.4, -0.2) is 37.7 Å². The minimum Gasteiger partial charge on any atom is -0.488 e. The van der Waals surface area contributed by atoms with Crippen LogP contribution in [0.4, 0.5) is 21.0 Å². The molecule has 0 aliphatic rings. The Bertz CT molecular complexity index is 927.